The van der Waals surface area contributed by atoms with Crippen LogP contribution in [0.4, 0.5) is 0 Å². The van der Waals surface area contributed by atoms with Crippen LogP contribution < -0.4 is 5.32 Å². The van der Waals surface area contributed by atoms with E-state index < -0.39 is 0 Å². The summed E-state index contributed by atoms with van der Waals surface area (Å²) in [7, 11) is 0. The van der Waals surface area contributed by atoms with Gasteiger partial charge in [-0.1, -0.05) is 18.2 Å². The molecule has 2 fully saturated rings. The van der Waals surface area contributed by atoms with Crippen molar-refractivity contribution in [2.24, 2.45) is 11.8 Å². The molecule has 2 aliphatic rings. The second kappa shape index (κ2) is 5.53. The van der Waals surface area contributed by atoms with Gasteiger partial charge in [0.2, 0.25) is 0 Å². The molecule has 2 atom stereocenters. The largest absolute Gasteiger partial charge is 0.338 e. The van der Waals surface area contributed by atoms with Gasteiger partial charge in [-0.25, -0.2) is 0 Å². The average molecular weight is 309 g/mol. The number of para-hydroxylation sites is 1. The number of benzene rings is 1. The Morgan fingerprint density at radius 1 is 1.09 bits per heavy atom. The van der Waals surface area contributed by atoms with Crippen LogP contribution in [0.3, 0.4) is 0 Å². The summed E-state index contributed by atoms with van der Waals surface area (Å²) in [6, 6.07) is 12.3. The van der Waals surface area contributed by atoms with Gasteiger partial charge in [0.25, 0.3) is 5.91 Å². The molecule has 0 radical (unpaired) electrons. The number of aromatic nitrogens is 1. The first-order chi connectivity index (χ1) is 11.1. The van der Waals surface area contributed by atoms with Crippen molar-refractivity contribution in [1.29, 1.82) is 0 Å². The van der Waals surface area contributed by atoms with Crippen molar-refractivity contribution >= 4 is 5.91 Å². The molecule has 2 aromatic rings. The minimum atomic E-state index is 0.190. The monoisotopic (exact) mass is 309 g/mol. The van der Waals surface area contributed by atoms with Gasteiger partial charge < -0.3 is 14.8 Å². The Morgan fingerprint density at radius 2 is 1.74 bits per heavy atom. The van der Waals surface area contributed by atoms with Crippen LogP contribution in [0.1, 0.15) is 21.7 Å². The number of rotatable bonds is 2. The Bertz CT molecular complexity index is 723. The number of fused-ring (bicyclic) bond motifs is 1. The minimum Gasteiger partial charge on any atom is -0.338 e. The van der Waals surface area contributed by atoms with Crippen molar-refractivity contribution in [3.63, 3.8) is 0 Å². The highest BCUT2D eigenvalue weighted by Crippen LogP contribution is 2.29. The van der Waals surface area contributed by atoms with Gasteiger partial charge in [0.1, 0.15) is 0 Å². The number of amides is 1. The third kappa shape index (κ3) is 2.38. The van der Waals surface area contributed by atoms with Gasteiger partial charge in [0.15, 0.2) is 0 Å². The van der Waals surface area contributed by atoms with Gasteiger partial charge in [0.05, 0.1) is 5.56 Å². The highest BCUT2D eigenvalue weighted by molar-refractivity contribution is 5.96. The molecule has 1 aromatic carbocycles. The number of carbonyl (C=O) groups is 1. The fourth-order valence-corrected chi connectivity index (χ4v) is 4.15. The maximum absolute atomic E-state index is 13.0. The van der Waals surface area contributed by atoms with Crippen molar-refractivity contribution in [1.82, 2.24) is 14.8 Å². The number of nitrogens with zero attached hydrogens (tertiary/aromatic N) is 2. The second-order valence-corrected chi connectivity index (χ2v) is 6.84. The summed E-state index contributed by atoms with van der Waals surface area (Å²) in [5, 5.41) is 3.43. The van der Waals surface area contributed by atoms with Crippen LogP contribution >= 0.6 is 0 Å². The molecule has 3 heterocycles. The quantitative estimate of drug-likeness (QED) is 0.925. The van der Waals surface area contributed by atoms with E-state index in [9.17, 15) is 4.79 Å². The van der Waals surface area contributed by atoms with E-state index in [2.05, 4.69) is 28.9 Å². The molecule has 23 heavy (non-hydrogen) atoms. The molecule has 1 aromatic heterocycles. The molecule has 0 saturated carbocycles. The van der Waals surface area contributed by atoms with E-state index in [4.69, 9.17) is 0 Å². The number of nitrogens with one attached hydrogen (secondary N) is 1. The molecular weight excluding hydrogens is 286 g/mol. The molecule has 1 amide bonds. The molecule has 4 rings (SSSR count). The van der Waals surface area contributed by atoms with E-state index in [0.29, 0.717) is 11.8 Å². The van der Waals surface area contributed by atoms with Crippen LogP contribution in [0.2, 0.25) is 0 Å². The summed E-state index contributed by atoms with van der Waals surface area (Å²) < 4.78 is 2.17. The smallest absolute Gasteiger partial charge is 0.255 e. The maximum atomic E-state index is 13.0. The zero-order valence-electron chi connectivity index (χ0n) is 13.7. The van der Waals surface area contributed by atoms with Crippen LogP contribution in [-0.4, -0.2) is 41.6 Å². The number of likely N-dealkylation sites (tertiary alicyclic amines) is 1. The SMILES string of the molecule is Cc1cc(C(=O)N2C[C@H]3CNC[C@H]3C2)c(C)n1-c1ccccc1. The summed E-state index contributed by atoms with van der Waals surface area (Å²) in [4.78, 5) is 15.0. The zero-order chi connectivity index (χ0) is 16.0. The first-order valence-electron chi connectivity index (χ1n) is 8.39. The fourth-order valence-electron chi connectivity index (χ4n) is 4.15. The third-order valence-electron chi connectivity index (χ3n) is 5.35. The van der Waals surface area contributed by atoms with Crippen molar-refractivity contribution in [3.8, 4) is 5.69 Å². The lowest BCUT2D eigenvalue weighted by atomic mass is 10.0. The third-order valence-corrected chi connectivity index (χ3v) is 5.35. The molecule has 0 unspecified atom stereocenters. The molecule has 0 aliphatic carbocycles. The lowest BCUT2D eigenvalue weighted by Gasteiger charge is -2.18. The molecule has 1 N–H and O–H groups in total. The Kier molecular flexibility index (Phi) is 3.49. The first-order valence-corrected chi connectivity index (χ1v) is 8.39. The van der Waals surface area contributed by atoms with Crippen LogP contribution in [0.25, 0.3) is 5.69 Å². The fraction of sp³-hybridized carbons (Fsp3) is 0.421. The average Bonchev–Trinajstić information content (AvgIpc) is 3.21. The van der Waals surface area contributed by atoms with Crippen LogP contribution in [-0.2, 0) is 0 Å². The molecule has 4 nitrogen and oxygen atoms in total. The molecular formula is C19H23N3O. The van der Waals surface area contributed by atoms with Gasteiger partial charge in [-0.2, -0.15) is 0 Å². The molecule has 0 bridgehead atoms. The topological polar surface area (TPSA) is 37.3 Å². The van der Waals surface area contributed by atoms with Gasteiger partial charge in [-0.3, -0.25) is 4.79 Å². The van der Waals surface area contributed by atoms with Crippen molar-refractivity contribution in [3.05, 3.63) is 53.3 Å². The van der Waals surface area contributed by atoms with Gasteiger partial charge in [-0.05, 0) is 43.9 Å². The summed E-state index contributed by atoms with van der Waals surface area (Å²) in [6.45, 7) is 8.01. The standard InChI is InChI=1S/C19H23N3O/c1-13-8-18(14(2)22(13)17-6-4-3-5-7-17)19(23)21-11-15-9-20-10-16(15)12-21/h3-8,15-16,20H,9-12H2,1-2H3/t15-,16+. The van der Waals surface area contributed by atoms with Crippen molar-refractivity contribution in [2.75, 3.05) is 26.2 Å². The Morgan fingerprint density at radius 3 is 2.39 bits per heavy atom. The van der Waals surface area contributed by atoms with E-state index in [1.54, 1.807) is 0 Å². The number of carbonyl (C=O) groups excluding carboxylic acids is 1. The summed E-state index contributed by atoms with van der Waals surface area (Å²) in [6.07, 6.45) is 0. The highest BCUT2D eigenvalue weighted by atomic mass is 16.2. The zero-order valence-corrected chi connectivity index (χ0v) is 13.7. The second-order valence-electron chi connectivity index (χ2n) is 6.84. The lowest BCUT2D eigenvalue weighted by molar-refractivity contribution is 0.0781. The summed E-state index contributed by atoms with van der Waals surface area (Å²) in [5.74, 6) is 1.46. The Balaban J connectivity index is 1.64. The van der Waals surface area contributed by atoms with E-state index >= 15 is 0 Å². The van der Waals surface area contributed by atoms with Crippen molar-refractivity contribution in [2.45, 2.75) is 13.8 Å². The lowest BCUT2D eigenvalue weighted by Crippen LogP contribution is -2.32. The van der Waals surface area contributed by atoms with Crippen LogP contribution in [0.5, 0.6) is 0 Å². The summed E-state index contributed by atoms with van der Waals surface area (Å²) in [5.41, 5.74) is 4.11. The normalized spacial score (nSPS) is 23.3. The van der Waals surface area contributed by atoms with Crippen LogP contribution in [0, 0.1) is 25.7 Å². The summed E-state index contributed by atoms with van der Waals surface area (Å²) >= 11 is 0. The molecule has 4 heteroatoms. The van der Waals surface area contributed by atoms with E-state index in [1.807, 2.05) is 36.1 Å². The molecule has 0 spiro atoms. The predicted molar refractivity (Wildman–Crippen MR) is 91.0 cm³/mol. The minimum absolute atomic E-state index is 0.190. The Hall–Kier alpha value is -2.07. The first kappa shape index (κ1) is 14.5. The van der Waals surface area contributed by atoms with E-state index in [-0.39, 0.29) is 5.91 Å². The molecule has 2 aliphatic heterocycles. The predicted octanol–water partition coefficient (Wildman–Crippen LogP) is 2.39. The van der Waals surface area contributed by atoms with Gasteiger partial charge in [-0.15, -0.1) is 0 Å². The van der Waals surface area contributed by atoms with Gasteiger partial charge in [0, 0.05) is 43.3 Å². The number of aryl methyl sites for hydroxylation is 1. The van der Waals surface area contributed by atoms with E-state index in [1.165, 1.54) is 0 Å². The number of hydrogen-bond acceptors (Lipinski definition) is 2. The Labute approximate surface area is 137 Å². The molecule has 2 saturated heterocycles. The molecule has 120 valence electrons. The van der Waals surface area contributed by atoms with Crippen molar-refractivity contribution < 1.29 is 4.79 Å². The van der Waals surface area contributed by atoms with Crippen LogP contribution in [0.15, 0.2) is 36.4 Å². The highest BCUT2D eigenvalue weighted by Gasteiger charge is 2.38. The number of hydrogen-bond donors (Lipinski definition) is 1. The maximum Gasteiger partial charge on any atom is 0.255 e. The van der Waals surface area contributed by atoms with Gasteiger partial charge >= 0.3 is 0 Å². The van der Waals surface area contributed by atoms with E-state index in [0.717, 1.165) is 48.8 Å².